The van der Waals surface area contributed by atoms with Crippen LogP contribution >= 0.6 is 0 Å². The molecule has 0 aromatic carbocycles. The number of carbonyl (C=O) groups is 1. The summed E-state index contributed by atoms with van der Waals surface area (Å²) in [4.78, 5) is 13.3. The van der Waals surface area contributed by atoms with Crippen molar-refractivity contribution in [1.82, 2.24) is 5.32 Å². The van der Waals surface area contributed by atoms with Gasteiger partial charge in [-0.1, -0.05) is 284 Å². The van der Waals surface area contributed by atoms with Gasteiger partial charge in [-0.25, -0.2) is 0 Å². The van der Waals surface area contributed by atoms with Gasteiger partial charge in [0.05, 0.1) is 32.0 Å². The lowest BCUT2D eigenvalue weighted by Gasteiger charge is -2.46. The normalized spacial score (nSPS) is 24.6. The first-order valence-corrected chi connectivity index (χ1v) is 32.8. The molecule has 458 valence electrons. The fourth-order valence-electron chi connectivity index (χ4n) is 11.3. The number of carbonyl (C=O) groups excluding carboxylic acids is 1. The van der Waals surface area contributed by atoms with E-state index in [9.17, 15) is 45.6 Å². The molecule has 2 heterocycles. The fraction of sp³-hybridized carbons (Fsp3) is 0.984. The Morgan fingerprint density at radius 3 is 1.10 bits per heavy atom. The zero-order valence-electron chi connectivity index (χ0n) is 49.5. The van der Waals surface area contributed by atoms with Crippen molar-refractivity contribution >= 4 is 5.91 Å². The number of nitrogens with one attached hydrogen (secondary N) is 1. The van der Waals surface area contributed by atoms with E-state index in [1.165, 1.54) is 225 Å². The number of aliphatic hydroxyl groups is 8. The molecule has 0 bridgehead atoms. The summed E-state index contributed by atoms with van der Waals surface area (Å²) < 4.78 is 22.9. The molecular formula is C63H123NO13. The van der Waals surface area contributed by atoms with Crippen molar-refractivity contribution in [3.63, 3.8) is 0 Å². The Hall–Kier alpha value is -1.01. The number of unbranched alkanes of at least 4 members (excludes halogenated alkanes) is 41. The van der Waals surface area contributed by atoms with Crippen LogP contribution in [0.4, 0.5) is 0 Å². The van der Waals surface area contributed by atoms with Crippen LogP contribution in [0.1, 0.15) is 303 Å². The zero-order valence-corrected chi connectivity index (χ0v) is 49.5. The number of hydrogen-bond acceptors (Lipinski definition) is 13. The highest BCUT2D eigenvalue weighted by molar-refractivity contribution is 5.76. The van der Waals surface area contributed by atoms with Crippen LogP contribution in [-0.4, -0.2) is 140 Å². The molecule has 0 radical (unpaired) electrons. The summed E-state index contributed by atoms with van der Waals surface area (Å²) in [5, 5.41) is 87.4. The fourth-order valence-corrected chi connectivity index (χ4v) is 11.3. The summed E-state index contributed by atoms with van der Waals surface area (Å²) >= 11 is 0. The van der Waals surface area contributed by atoms with E-state index in [-0.39, 0.29) is 12.5 Å². The van der Waals surface area contributed by atoms with Crippen molar-refractivity contribution in [3.8, 4) is 0 Å². The number of ether oxygens (including phenoxy) is 4. The van der Waals surface area contributed by atoms with Crippen LogP contribution in [-0.2, 0) is 23.7 Å². The molecule has 14 nitrogen and oxygen atoms in total. The Morgan fingerprint density at radius 2 is 0.740 bits per heavy atom. The Labute approximate surface area is 470 Å². The number of hydrogen-bond donors (Lipinski definition) is 9. The predicted molar refractivity (Wildman–Crippen MR) is 309 cm³/mol. The summed E-state index contributed by atoms with van der Waals surface area (Å²) in [6.07, 6.45) is 39.7. The standard InChI is InChI=1S/C63H123NO13/c1-3-5-7-9-11-13-15-17-19-21-22-23-24-25-26-27-28-29-30-31-32-34-36-38-40-42-44-46-52(67)51(64-55(68)47-45-43-41-39-37-35-33-20-18-16-14-12-10-8-6-4-2)50-74-62-60(73)58(71)61(54(49-66)76-62)77-63-59(72)57(70)56(69)53(48-65)75-63/h51-54,56-63,65-67,69-73H,3-50H2,1-2H3,(H,64,68). The van der Waals surface area contributed by atoms with E-state index in [0.717, 1.165) is 51.4 Å². The molecular weight excluding hydrogens is 979 g/mol. The van der Waals surface area contributed by atoms with Gasteiger partial charge in [0.25, 0.3) is 0 Å². The van der Waals surface area contributed by atoms with Crippen molar-refractivity contribution in [2.45, 2.75) is 376 Å². The molecule has 0 aromatic rings. The van der Waals surface area contributed by atoms with Gasteiger partial charge in [0.1, 0.15) is 48.8 Å². The van der Waals surface area contributed by atoms with Crippen LogP contribution in [0.5, 0.6) is 0 Å². The number of rotatable bonds is 54. The molecule has 0 spiro atoms. The second-order valence-corrected chi connectivity index (χ2v) is 23.6. The molecule has 9 N–H and O–H groups in total. The van der Waals surface area contributed by atoms with Gasteiger partial charge in [-0.2, -0.15) is 0 Å². The van der Waals surface area contributed by atoms with E-state index in [4.69, 9.17) is 18.9 Å². The van der Waals surface area contributed by atoms with E-state index in [0.29, 0.717) is 12.8 Å². The molecule has 2 saturated heterocycles. The molecule has 14 heteroatoms. The van der Waals surface area contributed by atoms with Gasteiger partial charge in [-0.3, -0.25) is 4.79 Å². The largest absolute Gasteiger partial charge is 0.394 e. The maximum atomic E-state index is 13.3. The highest BCUT2D eigenvalue weighted by Crippen LogP contribution is 2.30. The van der Waals surface area contributed by atoms with Crippen molar-refractivity contribution in [2.75, 3.05) is 19.8 Å². The second kappa shape index (κ2) is 49.6. The van der Waals surface area contributed by atoms with Crippen LogP contribution in [0, 0.1) is 0 Å². The lowest BCUT2D eigenvalue weighted by molar-refractivity contribution is -0.359. The van der Waals surface area contributed by atoms with Crippen molar-refractivity contribution in [2.24, 2.45) is 0 Å². The van der Waals surface area contributed by atoms with Crippen molar-refractivity contribution in [1.29, 1.82) is 0 Å². The highest BCUT2D eigenvalue weighted by Gasteiger charge is 2.51. The third-order valence-electron chi connectivity index (χ3n) is 16.6. The number of amides is 1. The van der Waals surface area contributed by atoms with Gasteiger partial charge in [0.2, 0.25) is 5.91 Å². The van der Waals surface area contributed by atoms with Gasteiger partial charge >= 0.3 is 0 Å². The van der Waals surface area contributed by atoms with Gasteiger partial charge in [0, 0.05) is 6.42 Å². The molecule has 2 aliphatic heterocycles. The number of aliphatic hydroxyl groups excluding tert-OH is 8. The molecule has 77 heavy (non-hydrogen) atoms. The summed E-state index contributed by atoms with van der Waals surface area (Å²) in [6.45, 7) is 2.91. The smallest absolute Gasteiger partial charge is 0.220 e. The van der Waals surface area contributed by atoms with Crippen molar-refractivity contribution < 1.29 is 64.6 Å². The lowest BCUT2D eigenvalue weighted by Crippen LogP contribution is -2.65. The molecule has 2 fully saturated rings. The van der Waals surface area contributed by atoms with Crippen LogP contribution in [0.25, 0.3) is 0 Å². The Bertz CT molecular complexity index is 1300. The Balaban J connectivity index is 1.68. The summed E-state index contributed by atoms with van der Waals surface area (Å²) in [6, 6.07) is -0.823. The first-order valence-electron chi connectivity index (χ1n) is 32.8. The van der Waals surface area contributed by atoms with E-state index < -0.39 is 86.8 Å². The van der Waals surface area contributed by atoms with Crippen LogP contribution in [0.2, 0.25) is 0 Å². The maximum absolute atomic E-state index is 13.3. The van der Waals surface area contributed by atoms with Gasteiger partial charge in [0.15, 0.2) is 12.6 Å². The van der Waals surface area contributed by atoms with E-state index in [1.54, 1.807) is 0 Å². The molecule has 1 amide bonds. The summed E-state index contributed by atoms with van der Waals surface area (Å²) in [5.41, 5.74) is 0. The highest BCUT2D eigenvalue weighted by atomic mass is 16.7. The first-order chi connectivity index (χ1) is 37.6. The third kappa shape index (κ3) is 34.9. The van der Waals surface area contributed by atoms with E-state index in [2.05, 4.69) is 19.2 Å². The topological polar surface area (TPSA) is 228 Å². The van der Waals surface area contributed by atoms with E-state index in [1.807, 2.05) is 0 Å². The predicted octanol–water partition coefficient (Wildman–Crippen LogP) is 12.1. The van der Waals surface area contributed by atoms with Crippen molar-refractivity contribution in [3.05, 3.63) is 0 Å². The SMILES string of the molecule is CCCCCCCCCCCCCCCCCCCCCCCCCCCCCC(O)C(COC1OC(CO)C(OC2OC(CO)C(O)C(O)C2O)C(O)C1O)NC(=O)CCCCCCCCCCCCCCCCCC. The average molecular weight is 1100 g/mol. The Morgan fingerprint density at radius 1 is 0.416 bits per heavy atom. The minimum absolute atomic E-state index is 0.199. The minimum Gasteiger partial charge on any atom is -0.394 e. The molecule has 2 rings (SSSR count). The van der Waals surface area contributed by atoms with E-state index >= 15 is 0 Å². The quantitative estimate of drug-likeness (QED) is 0.0259. The molecule has 0 aliphatic carbocycles. The molecule has 2 aliphatic rings. The molecule has 0 saturated carbocycles. The lowest BCUT2D eigenvalue weighted by atomic mass is 9.97. The monoisotopic (exact) mass is 1100 g/mol. The van der Waals surface area contributed by atoms with Gasteiger partial charge in [-0.05, 0) is 12.8 Å². The van der Waals surface area contributed by atoms with Crippen LogP contribution in [0.3, 0.4) is 0 Å². The average Bonchev–Trinajstić information content (AvgIpc) is 3.43. The van der Waals surface area contributed by atoms with Crippen LogP contribution < -0.4 is 5.32 Å². The van der Waals surface area contributed by atoms with Gasteiger partial charge in [-0.15, -0.1) is 0 Å². The minimum atomic E-state index is -1.78. The Kier molecular flexibility index (Phi) is 46.4. The molecule has 0 aromatic heterocycles. The van der Waals surface area contributed by atoms with Crippen LogP contribution in [0.15, 0.2) is 0 Å². The maximum Gasteiger partial charge on any atom is 0.220 e. The summed E-state index contributed by atoms with van der Waals surface area (Å²) in [5.74, 6) is -0.199. The summed E-state index contributed by atoms with van der Waals surface area (Å²) in [7, 11) is 0. The first kappa shape index (κ1) is 72.1. The van der Waals surface area contributed by atoms with Gasteiger partial charge < -0.3 is 65.1 Å². The third-order valence-corrected chi connectivity index (χ3v) is 16.6. The second-order valence-electron chi connectivity index (χ2n) is 23.6. The zero-order chi connectivity index (χ0) is 56.0. The molecule has 12 unspecified atom stereocenters. The molecule has 12 atom stereocenters.